The molecule has 0 radical (unpaired) electrons. The summed E-state index contributed by atoms with van der Waals surface area (Å²) in [5, 5.41) is 19.1. The van der Waals surface area contributed by atoms with E-state index in [0.717, 1.165) is 67.2 Å². The van der Waals surface area contributed by atoms with Gasteiger partial charge in [-0.05, 0) is 243 Å². The first kappa shape index (κ1) is 106. The fourth-order valence-corrected chi connectivity index (χ4v) is 62.5. The molecule has 111 heavy (non-hydrogen) atoms. The standard InChI is InChI=1S/C15H24Cl5N12P3.C15H29N12P3S5.C12H12N2O.C3Cl3N3.CH3F.CH4.Cl6N3P3.Na.H2S/c1-4-5-6-11-26-13(17)29-14(27-11)21-7-8-34(19)30-33(3,18)31-35(20,32-34)23-9-22-15-25-10(2)24-12(16)28-15;1-4-5-6-11-21-12(23-15(32)22-11)16-7-8-29(34)25-28(3,33)26-30(35,27-29)18-9-17-13-19-10(2)20-14(31)24-13;13-9-1-5-11(6-2-9)15-12-7-3-10(14)4-8-12;4-1-7-2(5)9-3(6)8-1;1-2;;1-10(2)7-11(3,4)9-12(5,6)8-10;;/h23H,4-9H2,1-3H3,(H,21,26,27,29)(H,22,24,25,28);18,33-35H,4-9H2,1-3H3,(H2,16,21,22,23,32)(H2,17,19,20,24,31);1-8H,13-14H2;;1H3;1H4;;;1H2/q;;;;;;;+1;/p-1/i;;;;1D;;;;. The third kappa shape index (κ3) is 43.0. The number of anilines is 6. The molecule has 6 unspecified atom stereocenters. The summed E-state index contributed by atoms with van der Waals surface area (Å²) in [4.78, 5) is 58.1. The number of ether oxygens (including phenoxy) is 1. The zero-order chi connectivity index (χ0) is 81.2. The van der Waals surface area contributed by atoms with Gasteiger partial charge in [0.25, 0.3) is 17.7 Å². The molecular formula is C47H73Cl14FN32NaOP9S6. The summed E-state index contributed by atoms with van der Waals surface area (Å²) in [6, 6.07) is 14.5. The van der Waals surface area contributed by atoms with Crippen molar-refractivity contribution < 1.29 is 40.1 Å². The van der Waals surface area contributed by atoms with Crippen LogP contribution in [0.5, 0.6) is 11.5 Å². The zero-order valence-corrected chi connectivity index (χ0v) is 83.9. The minimum absolute atomic E-state index is 0. The monoisotopic (exact) mass is 2100 g/mol. The van der Waals surface area contributed by atoms with E-state index in [1.54, 1.807) is 37.9 Å². The number of alkyl halides is 1. The minimum atomic E-state index is -2.95. The smallest absolute Gasteiger partial charge is 0.813 e. The van der Waals surface area contributed by atoms with Gasteiger partial charge in [-0.25, -0.2) is 48.2 Å². The molecule has 3 aliphatic rings. The topological polar surface area (TPSA) is 444 Å². The van der Waals surface area contributed by atoms with Gasteiger partial charge in [0.05, 0.1) is 21.9 Å². The van der Waals surface area contributed by atoms with E-state index in [4.69, 9.17) is 251 Å². The summed E-state index contributed by atoms with van der Waals surface area (Å²) in [5.74, 6) is -2.89. The van der Waals surface area contributed by atoms with Crippen molar-refractivity contribution in [3.63, 3.8) is 0 Å². The molecule has 0 amide bonds. The Bertz CT molecular complexity index is 4780. The maximum atomic E-state index is 9.96. The predicted octanol–water partition coefficient (Wildman–Crippen LogP) is 23.7. The Labute approximate surface area is 767 Å². The van der Waals surface area contributed by atoms with Crippen molar-refractivity contribution in [1.29, 1.82) is 0 Å². The van der Waals surface area contributed by atoms with Gasteiger partial charge in [0.2, 0.25) is 66.5 Å². The summed E-state index contributed by atoms with van der Waals surface area (Å²) in [6.45, 7) is 1.82. The second-order valence-electron chi connectivity index (χ2n) is 21.0. The van der Waals surface area contributed by atoms with Gasteiger partial charge in [0.1, 0.15) is 47.6 Å². The minimum Gasteiger partial charge on any atom is -0.813 e. The van der Waals surface area contributed by atoms with Gasteiger partial charge >= 0.3 is 29.6 Å². The predicted molar refractivity (Wildman–Crippen MR) is 496 cm³/mol. The quantitative estimate of drug-likeness (QED) is 0.00508. The van der Waals surface area contributed by atoms with Crippen molar-refractivity contribution in [2.45, 2.75) is 73.6 Å². The normalized spacial score (nSPS) is 21.7. The molecule has 12 N–H and O–H groups in total. The number of nitrogens with zero attached hydrogens (tertiary/aromatic N) is 22. The second-order valence-corrected chi connectivity index (χ2v) is 63.2. The molecule has 0 spiro atoms. The molecule has 0 bridgehead atoms. The van der Waals surface area contributed by atoms with E-state index >= 15 is 0 Å². The number of benzene rings is 2. The van der Waals surface area contributed by atoms with Crippen molar-refractivity contribution in [1.82, 2.24) is 84.9 Å². The number of hydrogen-bond donors (Lipinski definition) is 13. The molecule has 0 saturated carbocycles. The summed E-state index contributed by atoms with van der Waals surface area (Å²) < 4.78 is 60.8. The van der Waals surface area contributed by atoms with Crippen LogP contribution in [0.15, 0.2) is 89.2 Å². The summed E-state index contributed by atoms with van der Waals surface area (Å²) in [7, 11) is -1.00. The van der Waals surface area contributed by atoms with E-state index in [1.165, 1.54) is 0 Å². The number of halogens is 15. The van der Waals surface area contributed by atoms with Gasteiger partial charge in [-0.1, -0.05) is 68.8 Å². The molecule has 33 nitrogen and oxygen atoms in total. The number of hydrogen-bond acceptors (Lipinski definition) is 34. The van der Waals surface area contributed by atoms with E-state index < -0.39 is 64.1 Å². The van der Waals surface area contributed by atoms with Crippen LogP contribution in [-0.4, -0.2) is 134 Å². The Morgan fingerprint density at radius 1 is 0.532 bits per heavy atom. The van der Waals surface area contributed by atoms with Crippen LogP contribution in [0.2, 0.25) is 26.4 Å². The van der Waals surface area contributed by atoms with E-state index in [-0.39, 0.29) is 94.3 Å². The molecule has 0 saturated heterocycles. The number of aromatic nitrogens is 15. The van der Waals surface area contributed by atoms with Gasteiger partial charge in [-0.3, -0.25) is 4.39 Å². The number of nitrogens with one attached hydrogen (secondary N) is 8. The van der Waals surface area contributed by atoms with E-state index in [1.807, 2.05) is 37.9 Å². The van der Waals surface area contributed by atoms with Gasteiger partial charge in [-0.2, -0.15) is 67.4 Å². The van der Waals surface area contributed by atoms with Crippen LogP contribution in [0.1, 0.15) is 71.6 Å². The van der Waals surface area contributed by atoms with Crippen molar-refractivity contribution in [3.8, 4) is 11.5 Å². The van der Waals surface area contributed by atoms with Crippen LogP contribution in [0.4, 0.5) is 39.6 Å². The molecule has 3 aliphatic heterocycles. The molecule has 5 aromatic heterocycles. The van der Waals surface area contributed by atoms with Crippen LogP contribution >= 0.6 is 277 Å². The maximum absolute atomic E-state index is 9.96. The summed E-state index contributed by atoms with van der Waals surface area (Å²) in [6.07, 6.45) is 1.89. The maximum Gasteiger partial charge on any atom is 1.00 e. The van der Waals surface area contributed by atoms with Crippen LogP contribution in [0.25, 0.3) is 0 Å². The fraction of sp³-hybridized carbons (Fsp3) is 0.426. The number of thiol groups is 4. The zero-order valence-electron chi connectivity index (χ0n) is 59.0. The fourth-order valence-electron chi connectivity index (χ4n) is 7.80. The van der Waals surface area contributed by atoms with E-state index in [9.17, 15) is 4.39 Å². The third-order valence-electron chi connectivity index (χ3n) is 11.7. The van der Waals surface area contributed by atoms with Crippen LogP contribution in [0.3, 0.4) is 0 Å². The molecule has 0 aliphatic carbocycles. The Morgan fingerprint density at radius 2 is 1.00 bits per heavy atom. The first-order valence-electron chi connectivity index (χ1n) is 30.7. The molecule has 2 aromatic carbocycles. The average Bonchev–Trinajstić information content (AvgIpc) is 0.777. The largest absolute Gasteiger partial charge is 1.00 e. The van der Waals surface area contributed by atoms with E-state index in [0.29, 0.717) is 72.2 Å². The number of unbranched alkanes of at least 4 members (excludes halogenated alkanes) is 2. The number of rotatable bonds is 24. The second kappa shape index (κ2) is 50.5. The Hall–Kier alpha value is 0.910. The first-order valence-corrected chi connectivity index (χ1v) is 60.8. The number of aromatic amines is 2. The first-order chi connectivity index (χ1) is 50.7. The molecule has 6 atom stereocenters. The molecule has 10 rings (SSSR count). The van der Waals surface area contributed by atoms with Crippen molar-refractivity contribution in [3.05, 3.63) is 108 Å². The SMILES string of the molecule is C.CCCCc1nc(=S)nc(NCCP2(S)=NP(S)(NCNc3nc(=S)nc(C)[nH]3)=NP(C)(S)=N2)[nH]1.CCCCc1nc(Cl)nc(NCCP2(Cl)=NP(Cl)(NCNc3nc(C)nc(Cl)n3)=NP(C)(Cl)=N2)n1.ClP1(Cl)=NP(Cl)(Cl)=NP(Cl)(Cl)=N1.Clc1nc(Cl)nc(Cl)n1.Nc1ccc(Oc2ccc(N)cc2)cc1.[2H]CF.[Na+].[SH-]. The Balaban J connectivity index is 0.000000509. The van der Waals surface area contributed by atoms with Crippen LogP contribution in [-0.2, 0) is 26.3 Å². The van der Waals surface area contributed by atoms with Crippen molar-refractivity contribution in [2.75, 3.05) is 92.0 Å². The van der Waals surface area contributed by atoms with Gasteiger partial charge in [-0.15, -0.1) is 24.5 Å². The molecule has 614 valence electrons. The molecule has 0 fully saturated rings. The third-order valence-corrected chi connectivity index (χ3v) is 51.7. The van der Waals surface area contributed by atoms with Gasteiger partial charge in [0.15, 0.2) is 19.7 Å². The van der Waals surface area contributed by atoms with Crippen molar-refractivity contribution >= 4 is 326 Å². The number of H-pyrrole nitrogens is 2. The molecule has 7 aromatic rings. The van der Waals surface area contributed by atoms with Gasteiger partial charge < -0.3 is 60.9 Å². The van der Waals surface area contributed by atoms with Crippen molar-refractivity contribution in [2.24, 2.45) is 40.6 Å². The van der Waals surface area contributed by atoms with E-state index in [2.05, 4.69) is 147 Å². The molecular weight excluding hydrogens is 2040 g/mol. The molecule has 8 heterocycles. The molecule has 64 heteroatoms. The summed E-state index contributed by atoms with van der Waals surface area (Å²) >= 11 is 107. The average molecular weight is 2110 g/mol. The van der Waals surface area contributed by atoms with Gasteiger partial charge in [0, 0.05) is 56.3 Å². The number of nitrogens with two attached hydrogens (primary N) is 2. The number of nitrogen functional groups attached to an aromatic ring is 2. The number of aryl methyl sites for hydroxylation is 4. The van der Waals surface area contributed by atoms with Crippen LogP contribution < -0.4 is 77.2 Å². The Morgan fingerprint density at radius 3 is 1.51 bits per heavy atom. The van der Waals surface area contributed by atoms with Crippen LogP contribution in [0, 0.1) is 23.4 Å². The summed E-state index contributed by atoms with van der Waals surface area (Å²) in [5.41, 5.74) is 12.6. The Kier molecular flexibility index (Phi) is 48.3.